The molecule has 2 aromatic rings. The van der Waals surface area contributed by atoms with Gasteiger partial charge in [-0.2, -0.15) is 0 Å². The third-order valence-electron chi connectivity index (χ3n) is 3.25. The lowest BCUT2D eigenvalue weighted by Crippen LogP contribution is -2.12. The Labute approximate surface area is 108 Å². The molecule has 3 nitrogen and oxygen atoms in total. The van der Waals surface area contributed by atoms with Gasteiger partial charge in [0.25, 0.3) is 0 Å². The van der Waals surface area contributed by atoms with Crippen LogP contribution in [0, 0.1) is 0 Å². The number of nitrogens with one attached hydrogen (secondary N) is 1. The maximum Gasteiger partial charge on any atom is 0.0726 e. The number of rotatable bonds is 2. The molecule has 2 rings (SSSR count). The van der Waals surface area contributed by atoms with Gasteiger partial charge in [-0.25, -0.2) is 0 Å². The SMILES string of the molecule is CCc1cc(NN)c2cc(C(C)(C)C)ccc2n1. The van der Waals surface area contributed by atoms with Crippen LogP contribution in [0.15, 0.2) is 24.3 Å². The number of hydrazine groups is 1. The van der Waals surface area contributed by atoms with E-state index in [9.17, 15) is 0 Å². The Kier molecular flexibility index (Phi) is 3.26. The summed E-state index contributed by atoms with van der Waals surface area (Å²) < 4.78 is 0. The normalized spacial score (nSPS) is 11.8. The lowest BCUT2D eigenvalue weighted by Gasteiger charge is -2.20. The zero-order chi connectivity index (χ0) is 13.3. The fourth-order valence-electron chi connectivity index (χ4n) is 2.05. The third kappa shape index (κ3) is 2.31. The first-order valence-corrected chi connectivity index (χ1v) is 6.36. The number of nitrogen functional groups attached to an aromatic ring is 1. The average Bonchev–Trinajstić information content (AvgIpc) is 2.35. The molecule has 0 atom stereocenters. The van der Waals surface area contributed by atoms with E-state index in [2.05, 4.69) is 56.3 Å². The molecule has 0 amide bonds. The van der Waals surface area contributed by atoms with Gasteiger partial charge in [-0.1, -0.05) is 33.8 Å². The van der Waals surface area contributed by atoms with E-state index < -0.39 is 0 Å². The van der Waals surface area contributed by atoms with Gasteiger partial charge in [-0.3, -0.25) is 10.8 Å². The number of aromatic nitrogens is 1. The van der Waals surface area contributed by atoms with Crippen LogP contribution < -0.4 is 11.3 Å². The molecule has 18 heavy (non-hydrogen) atoms. The van der Waals surface area contributed by atoms with Crippen molar-refractivity contribution in [2.75, 3.05) is 5.43 Å². The van der Waals surface area contributed by atoms with Crippen LogP contribution in [0.5, 0.6) is 0 Å². The minimum atomic E-state index is 0.128. The van der Waals surface area contributed by atoms with Gasteiger partial charge in [0, 0.05) is 11.1 Å². The molecule has 3 heteroatoms. The lowest BCUT2D eigenvalue weighted by molar-refractivity contribution is 0.591. The van der Waals surface area contributed by atoms with Crippen LogP contribution in [0.2, 0.25) is 0 Å². The summed E-state index contributed by atoms with van der Waals surface area (Å²) >= 11 is 0. The van der Waals surface area contributed by atoms with Crippen LogP contribution >= 0.6 is 0 Å². The lowest BCUT2D eigenvalue weighted by atomic mass is 9.86. The second-order valence-corrected chi connectivity index (χ2v) is 5.64. The highest BCUT2D eigenvalue weighted by Gasteiger charge is 2.15. The minimum absolute atomic E-state index is 0.128. The molecular formula is C15H21N3. The highest BCUT2D eigenvalue weighted by molar-refractivity contribution is 5.92. The zero-order valence-electron chi connectivity index (χ0n) is 11.5. The molecular weight excluding hydrogens is 222 g/mol. The van der Waals surface area contributed by atoms with Crippen molar-refractivity contribution in [2.24, 2.45) is 5.84 Å². The monoisotopic (exact) mass is 243 g/mol. The Bertz CT molecular complexity index is 568. The van der Waals surface area contributed by atoms with Gasteiger partial charge in [-0.05, 0) is 35.6 Å². The van der Waals surface area contributed by atoms with Crippen molar-refractivity contribution in [3.05, 3.63) is 35.5 Å². The molecule has 3 N–H and O–H groups in total. The van der Waals surface area contributed by atoms with Crippen molar-refractivity contribution in [2.45, 2.75) is 39.5 Å². The quantitative estimate of drug-likeness (QED) is 0.628. The number of nitrogens with two attached hydrogens (primary N) is 1. The Morgan fingerprint density at radius 3 is 2.50 bits per heavy atom. The van der Waals surface area contributed by atoms with Gasteiger partial charge < -0.3 is 5.43 Å². The van der Waals surface area contributed by atoms with E-state index in [0.717, 1.165) is 28.7 Å². The number of benzene rings is 1. The highest BCUT2D eigenvalue weighted by atomic mass is 15.2. The van der Waals surface area contributed by atoms with Crippen molar-refractivity contribution >= 4 is 16.6 Å². The molecule has 0 aliphatic carbocycles. The van der Waals surface area contributed by atoms with E-state index in [0.29, 0.717) is 0 Å². The van der Waals surface area contributed by atoms with E-state index in [1.165, 1.54) is 5.56 Å². The molecule has 0 bridgehead atoms. The summed E-state index contributed by atoms with van der Waals surface area (Å²) in [4.78, 5) is 4.63. The van der Waals surface area contributed by atoms with E-state index in [1.54, 1.807) is 0 Å². The van der Waals surface area contributed by atoms with Crippen LogP contribution in [0.4, 0.5) is 5.69 Å². The molecule has 1 heterocycles. The summed E-state index contributed by atoms with van der Waals surface area (Å²) in [7, 11) is 0. The number of hydrogen-bond acceptors (Lipinski definition) is 3. The largest absolute Gasteiger partial charge is 0.323 e. The van der Waals surface area contributed by atoms with Crippen molar-refractivity contribution in [3.63, 3.8) is 0 Å². The fourth-order valence-corrected chi connectivity index (χ4v) is 2.05. The molecule has 0 aliphatic heterocycles. The Morgan fingerprint density at radius 1 is 1.22 bits per heavy atom. The maximum atomic E-state index is 5.62. The standard InChI is InChI=1S/C15H21N3/c1-5-11-9-14(18-16)12-8-10(15(2,3)4)6-7-13(12)17-11/h6-9H,5,16H2,1-4H3,(H,17,18). The van der Waals surface area contributed by atoms with Crippen LogP contribution in [-0.4, -0.2) is 4.98 Å². The first kappa shape index (κ1) is 12.8. The molecule has 0 saturated carbocycles. The summed E-state index contributed by atoms with van der Waals surface area (Å²) in [5.41, 5.74) is 7.20. The van der Waals surface area contributed by atoms with E-state index in [4.69, 9.17) is 5.84 Å². The summed E-state index contributed by atoms with van der Waals surface area (Å²) in [6.07, 6.45) is 0.908. The molecule has 1 aromatic heterocycles. The average molecular weight is 243 g/mol. The second kappa shape index (κ2) is 4.58. The van der Waals surface area contributed by atoms with E-state index in [1.807, 2.05) is 6.07 Å². The minimum Gasteiger partial charge on any atom is -0.323 e. The van der Waals surface area contributed by atoms with Gasteiger partial charge in [-0.15, -0.1) is 0 Å². The molecule has 0 spiro atoms. The highest BCUT2D eigenvalue weighted by Crippen LogP contribution is 2.29. The Morgan fingerprint density at radius 2 is 1.94 bits per heavy atom. The van der Waals surface area contributed by atoms with Crippen molar-refractivity contribution in [3.8, 4) is 0 Å². The number of hydrogen-bond donors (Lipinski definition) is 2. The van der Waals surface area contributed by atoms with Crippen LogP contribution in [-0.2, 0) is 11.8 Å². The summed E-state index contributed by atoms with van der Waals surface area (Å²) in [6, 6.07) is 8.43. The first-order valence-electron chi connectivity index (χ1n) is 6.36. The zero-order valence-corrected chi connectivity index (χ0v) is 11.5. The second-order valence-electron chi connectivity index (χ2n) is 5.64. The van der Waals surface area contributed by atoms with Crippen molar-refractivity contribution in [1.82, 2.24) is 4.98 Å². The van der Waals surface area contributed by atoms with Gasteiger partial charge in [0.2, 0.25) is 0 Å². The first-order chi connectivity index (χ1) is 8.45. The van der Waals surface area contributed by atoms with Crippen LogP contribution in [0.3, 0.4) is 0 Å². The van der Waals surface area contributed by atoms with Crippen LogP contribution in [0.25, 0.3) is 10.9 Å². The summed E-state index contributed by atoms with van der Waals surface area (Å²) in [6.45, 7) is 8.71. The fraction of sp³-hybridized carbons (Fsp3) is 0.400. The number of anilines is 1. The third-order valence-corrected chi connectivity index (χ3v) is 3.25. The Balaban J connectivity index is 2.69. The summed E-state index contributed by atoms with van der Waals surface area (Å²) in [5.74, 6) is 5.62. The number of nitrogens with zero attached hydrogens (tertiary/aromatic N) is 1. The topological polar surface area (TPSA) is 50.9 Å². The van der Waals surface area contributed by atoms with E-state index in [-0.39, 0.29) is 5.41 Å². The molecule has 0 radical (unpaired) electrons. The molecule has 0 aliphatic rings. The number of aryl methyl sites for hydroxylation is 1. The molecule has 0 saturated heterocycles. The molecule has 1 aromatic carbocycles. The number of fused-ring (bicyclic) bond motifs is 1. The Hall–Kier alpha value is -1.61. The maximum absolute atomic E-state index is 5.62. The smallest absolute Gasteiger partial charge is 0.0726 e. The molecule has 0 unspecified atom stereocenters. The van der Waals surface area contributed by atoms with Crippen LogP contribution in [0.1, 0.15) is 39.0 Å². The summed E-state index contributed by atoms with van der Waals surface area (Å²) in [5, 5.41) is 1.09. The van der Waals surface area contributed by atoms with Gasteiger partial charge in [0.05, 0.1) is 11.2 Å². The van der Waals surface area contributed by atoms with Crippen molar-refractivity contribution < 1.29 is 0 Å². The predicted octanol–water partition coefficient (Wildman–Crippen LogP) is 3.38. The van der Waals surface area contributed by atoms with Crippen molar-refractivity contribution in [1.29, 1.82) is 0 Å². The van der Waals surface area contributed by atoms with Gasteiger partial charge in [0.15, 0.2) is 0 Å². The van der Waals surface area contributed by atoms with E-state index >= 15 is 0 Å². The molecule has 0 fully saturated rings. The van der Waals surface area contributed by atoms with Gasteiger partial charge >= 0.3 is 0 Å². The molecule has 96 valence electrons. The predicted molar refractivity (Wildman–Crippen MR) is 77.6 cm³/mol. The number of pyridine rings is 1. The van der Waals surface area contributed by atoms with Gasteiger partial charge in [0.1, 0.15) is 0 Å².